The summed E-state index contributed by atoms with van der Waals surface area (Å²) in [6, 6.07) is 23.7. The first-order chi connectivity index (χ1) is 19.6. The number of nitriles is 1. The Bertz CT molecular complexity index is 1800. The van der Waals surface area contributed by atoms with E-state index in [1.807, 2.05) is 44.2 Å². The van der Waals surface area contributed by atoms with E-state index in [0.29, 0.717) is 27.7 Å². The number of carboxylic acids is 1. The lowest BCUT2D eigenvalue weighted by molar-refractivity contribution is 0.0697. The van der Waals surface area contributed by atoms with Gasteiger partial charge in [-0.1, -0.05) is 56.3 Å². The normalized spacial score (nSPS) is 11.4. The second kappa shape index (κ2) is 10.9. The number of carboxylic acid groups (broad SMARTS) is 1. The maximum atomic E-state index is 15.6. The monoisotopic (exact) mass is 554 g/mol. The van der Waals surface area contributed by atoms with Crippen molar-refractivity contribution in [2.45, 2.75) is 32.3 Å². The van der Waals surface area contributed by atoms with Gasteiger partial charge in [0.2, 0.25) is 0 Å². The smallest absolute Gasteiger partial charge is 0.335 e. The first-order valence-electron chi connectivity index (χ1n) is 12.8. The number of carbonyl (C=O) groups is 1. The zero-order valence-corrected chi connectivity index (χ0v) is 22.3. The first-order valence-corrected chi connectivity index (χ1v) is 12.8. The number of hydrogen-bond acceptors (Lipinski definition) is 3. The molecule has 8 heteroatoms. The highest BCUT2D eigenvalue weighted by Gasteiger charge is 2.34. The fraction of sp³-hybridized carbons (Fsp3) is 0.152. The van der Waals surface area contributed by atoms with Crippen LogP contribution in [0.5, 0.6) is 5.75 Å². The van der Waals surface area contributed by atoms with Crippen LogP contribution in [0.25, 0.3) is 27.7 Å². The molecule has 0 saturated heterocycles. The quantitative estimate of drug-likeness (QED) is 0.210. The summed E-state index contributed by atoms with van der Waals surface area (Å²) in [5, 5.41) is 19.5. The van der Waals surface area contributed by atoms with Crippen LogP contribution in [0.2, 0.25) is 0 Å². The molecule has 0 amide bonds. The Balaban J connectivity index is 1.90. The number of rotatable bonds is 8. The number of benzene rings is 4. The van der Waals surface area contributed by atoms with Crippen LogP contribution in [0.1, 0.15) is 41.9 Å². The highest BCUT2D eigenvalue weighted by molar-refractivity contribution is 6.04. The number of halogens is 3. The lowest BCUT2D eigenvalue weighted by Crippen LogP contribution is -2.22. The van der Waals surface area contributed by atoms with Gasteiger partial charge in [0.1, 0.15) is 6.61 Å². The van der Waals surface area contributed by atoms with Gasteiger partial charge in [-0.2, -0.15) is 5.26 Å². The highest BCUT2D eigenvalue weighted by atomic mass is 19.2. The summed E-state index contributed by atoms with van der Waals surface area (Å²) in [5.41, 5.74) is 2.25. The molecule has 206 valence electrons. The van der Waals surface area contributed by atoms with E-state index in [4.69, 9.17) is 4.74 Å². The molecular formula is C33H25F3N2O3. The molecule has 0 radical (unpaired) electrons. The fourth-order valence-corrected chi connectivity index (χ4v) is 5.07. The summed E-state index contributed by atoms with van der Waals surface area (Å²) < 4.78 is 52.0. The SMILES string of the molecule is CC(C)(CC#N)c1c(-c2ccc(C(=O)O)cc2)c2c(OCc3ccccc3)c(F)ccc2n1-c1ccc(F)c(F)c1. The van der Waals surface area contributed by atoms with Crippen molar-refractivity contribution in [3.63, 3.8) is 0 Å². The zero-order chi connectivity index (χ0) is 29.3. The van der Waals surface area contributed by atoms with Crippen LogP contribution >= 0.6 is 0 Å². The molecule has 4 aromatic carbocycles. The summed E-state index contributed by atoms with van der Waals surface area (Å²) in [6.45, 7) is 3.72. The largest absolute Gasteiger partial charge is 0.485 e. The predicted molar refractivity (Wildman–Crippen MR) is 150 cm³/mol. The van der Waals surface area contributed by atoms with Crippen molar-refractivity contribution in [1.29, 1.82) is 5.26 Å². The van der Waals surface area contributed by atoms with Gasteiger partial charge in [-0.3, -0.25) is 0 Å². The van der Waals surface area contributed by atoms with Crippen LogP contribution in [-0.4, -0.2) is 15.6 Å². The molecule has 0 saturated carbocycles. The molecule has 41 heavy (non-hydrogen) atoms. The van der Waals surface area contributed by atoms with Crippen LogP contribution in [0, 0.1) is 28.8 Å². The van der Waals surface area contributed by atoms with Gasteiger partial charge in [-0.15, -0.1) is 0 Å². The van der Waals surface area contributed by atoms with Crippen molar-refractivity contribution >= 4 is 16.9 Å². The molecule has 0 unspecified atom stereocenters. The van der Waals surface area contributed by atoms with Crippen molar-refractivity contribution in [3.05, 3.63) is 119 Å². The van der Waals surface area contributed by atoms with Crippen molar-refractivity contribution in [3.8, 4) is 28.6 Å². The average Bonchev–Trinajstić information content (AvgIpc) is 3.31. The average molecular weight is 555 g/mol. The van der Waals surface area contributed by atoms with E-state index in [2.05, 4.69) is 6.07 Å². The summed E-state index contributed by atoms with van der Waals surface area (Å²) in [5.74, 6) is -3.89. The molecule has 1 aromatic heterocycles. The highest BCUT2D eigenvalue weighted by Crippen LogP contribution is 2.48. The number of hydrogen-bond donors (Lipinski definition) is 1. The number of fused-ring (bicyclic) bond motifs is 1. The number of aromatic nitrogens is 1. The van der Waals surface area contributed by atoms with E-state index in [0.717, 1.165) is 17.7 Å². The third-order valence-electron chi connectivity index (χ3n) is 7.01. The van der Waals surface area contributed by atoms with Gasteiger partial charge >= 0.3 is 5.97 Å². The molecule has 0 atom stereocenters. The van der Waals surface area contributed by atoms with Gasteiger partial charge in [-0.25, -0.2) is 18.0 Å². The maximum Gasteiger partial charge on any atom is 0.335 e. The second-order valence-electron chi connectivity index (χ2n) is 10.3. The molecule has 0 aliphatic heterocycles. The molecule has 5 aromatic rings. The molecule has 1 N–H and O–H groups in total. The van der Waals surface area contributed by atoms with Crippen molar-refractivity contribution in [2.75, 3.05) is 0 Å². The van der Waals surface area contributed by atoms with Crippen molar-refractivity contribution in [1.82, 2.24) is 4.57 Å². The van der Waals surface area contributed by atoms with E-state index in [9.17, 15) is 23.9 Å². The molecule has 1 heterocycles. The summed E-state index contributed by atoms with van der Waals surface area (Å²) in [7, 11) is 0. The Labute approximate surface area is 234 Å². The second-order valence-corrected chi connectivity index (χ2v) is 10.3. The van der Waals surface area contributed by atoms with E-state index < -0.39 is 28.8 Å². The first kappa shape index (κ1) is 27.5. The predicted octanol–water partition coefficient (Wildman–Crippen LogP) is 8.18. The van der Waals surface area contributed by atoms with Gasteiger partial charge in [0.25, 0.3) is 0 Å². The van der Waals surface area contributed by atoms with Crippen LogP contribution in [0.15, 0.2) is 84.9 Å². The third-order valence-corrected chi connectivity index (χ3v) is 7.01. The lowest BCUT2D eigenvalue weighted by Gasteiger charge is -2.26. The van der Waals surface area contributed by atoms with Crippen molar-refractivity contribution in [2.24, 2.45) is 0 Å². The molecule has 0 aliphatic carbocycles. The summed E-state index contributed by atoms with van der Waals surface area (Å²) in [4.78, 5) is 11.6. The van der Waals surface area contributed by atoms with Gasteiger partial charge in [-0.05, 0) is 47.5 Å². The van der Waals surface area contributed by atoms with Crippen LogP contribution in [0.3, 0.4) is 0 Å². The third kappa shape index (κ3) is 5.14. The minimum absolute atomic E-state index is 0.0376. The number of aromatic carboxylic acids is 1. The van der Waals surface area contributed by atoms with Gasteiger partial charge < -0.3 is 14.4 Å². The summed E-state index contributed by atoms with van der Waals surface area (Å²) >= 11 is 0. The van der Waals surface area contributed by atoms with Crippen LogP contribution in [0.4, 0.5) is 13.2 Å². The molecule has 0 fully saturated rings. The Hall–Kier alpha value is -5.03. The van der Waals surface area contributed by atoms with E-state index in [1.54, 1.807) is 16.7 Å². The van der Waals surface area contributed by atoms with Crippen LogP contribution in [-0.2, 0) is 12.0 Å². The van der Waals surface area contributed by atoms with Gasteiger partial charge in [0, 0.05) is 34.8 Å². The lowest BCUT2D eigenvalue weighted by atomic mass is 9.81. The fourth-order valence-electron chi connectivity index (χ4n) is 5.07. The van der Waals surface area contributed by atoms with Crippen molar-refractivity contribution < 1.29 is 27.8 Å². The van der Waals surface area contributed by atoms with E-state index in [-0.39, 0.29) is 30.0 Å². The molecule has 0 spiro atoms. The van der Waals surface area contributed by atoms with Crippen LogP contribution < -0.4 is 4.74 Å². The topological polar surface area (TPSA) is 75.2 Å². The molecule has 0 bridgehead atoms. The Morgan fingerprint density at radius 1 is 0.927 bits per heavy atom. The number of ether oxygens (including phenoxy) is 1. The zero-order valence-electron chi connectivity index (χ0n) is 22.3. The minimum atomic E-state index is -1.11. The van der Waals surface area contributed by atoms with Gasteiger partial charge in [0.05, 0.1) is 22.5 Å². The Morgan fingerprint density at radius 2 is 1.61 bits per heavy atom. The van der Waals surface area contributed by atoms with E-state index in [1.165, 1.54) is 30.3 Å². The maximum absolute atomic E-state index is 15.6. The Morgan fingerprint density at radius 3 is 2.24 bits per heavy atom. The molecule has 0 aliphatic rings. The van der Waals surface area contributed by atoms with Gasteiger partial charge in [0.15, 0.2) is 23.2 Å². The molecule has 5 rings (SSSR count). The molecular weight excluding hydrogens is 529 g/mol. The standard InChI is InChI=1S/C33H25F3N2O3/c1-33(2,16-17-37)31-28(21-8-10-22(11-9-21)32(39)40)29-27(38(31)23-12-13-24(34)26(36)18-23)15-14-25(35)30(29)41-19-20-6-4-3-5-7-20/h3-15,18H,16,19H2,1-2H3,(H,39,40). The van der Waals surface area contributed by atoms with E-state index >= 15 is 4.39 Å². The Kier molecular flexibility index (Phi) is 7.29. The summed E-state index contributed by atoms with van der Waals surface area (Å²) in [6.07, 6.45) is 0.0376. The minimum Gasteiger partial charge on any atom is -0.485 e. The number of nitrogens with zero attached hydrogens (tertiary/aromatic N) is 2. The molecule has 5 nitrogen and oxygen atoms in total.